The van der Waals surface area contributed by atoms with Gasteiger partial charge in [-0.25, -0.2) is 13.5 Å². The smallest absolute Gasteiger partial charge is 0.456 e. The van der Waals surface area contributed by atoms with Crippen molar-refractivity contribution < 1.29 is 45.0 Å². The summed E-state index contributed by atoms with van der Waals surface area (Å²) in [6, 6.07) is 1.85. The Morgan fingerprint density at radius 2 is 1.93 bits per heavy atom. The number of allylic oxidation sites excluding steroid dienone is 1. The van der Waals surface area contributed by atoms with E-state index in [9.17, 15) is 40.8 Å². The Labute approximate surface area is 156 Å². The normalized spacial score (nSPS) is 15.9. The summed E-state index contributed by atoms with van der Waals surface area (Å²) in [5, 5.41) is 22.7. The monoisotopic (exact) mass is 430 g/mol. The predicted octanol–water partition coefficient (Wildman–Crippen LogP) is 2.26. The summed E-state index contributed by atoms with van der Waals surface area (Å²) in [7, 11) is -3.84. The second-order valence-electron chi connectivity index (χ2n) is 5.67. The lowest BCUT2D eigenvalue weighted by atomic mass is 10.2. The number of pyridine rings is 1. The van der Waals surface area contributed by atoms with E-state index in [4.69, 9.17) is 0 Å². The molecule has 0 atom stereocenters. The van der Waals surface area contributed by atoms with E-state index < -0.39 is 34.3 Å². The molecule has 0 radical (unpaired) electrons. The molecule has 0 spiro atoms. The molecule has 7 nitrogen and oxygen atoms in total. The maximum atomic E-state index is 12.9. The standard InChI is InChI=1S/C15H15F5N2O5S/c1-2-28(25,26)12-4-3-7-21(23)13(12)11-6-5-10(8-22(11)24)27-9-14(16,17)15(18,19)20/h3-6,8,23H,2,7,9H2,1H3. The summed E-state index contributed by atoms with van der Waals surface area (Å²) < 4.78 is 91.0. The zero-order valence-corrected chi connectivity index (χ0v) is 15.1. The van der Waals surface area contributed by atoms with E-state index in [1.54, 1.807) is 0 Å². The van der Waals surface area contributed by atoms with Crippen LogP contribution in [0.25, 0.3) is 5.70 Å². The van der Waals surface area contributed by atoms with Crippen molar-refractivity contribution in [1.29, 1.82) is 0 Å². The van der Waals surface area contributed by atoms with Crippen LogP contribution in [0.4, 0.5) is 22.0 Å². The molecule has 0 unspecified atom stereocenters. The lowest BCUT2D eigenvalue weighted by molar-refractivity contribution is -0.609. The minimum Gasteiger partial charge on any atom is -0.618 e. The molecule has 2 rings (SSSR count). The summed E-state index contributed by atoms with van der Waals surface area (Å²) >= 11 is 0. The number of hydroxylamine groups is 2. The minimum absolute atomic E-state index is 0.00393. The number of hydrogen-bond donors (Lipinski definition) is 1. The van der Waals surface area contributed by atoms with Crippen molar-refractivity contribution in [2.24, 2.45) is 0 Å². The van der Waals surface area contributed by atoms with Crippen molar-refractivity contribution >= 4 is 15.5 Å². The van der Waals surface area contributed by atoms with Crippen molar-refractivity contribution in [3.8, 4) is 5.75 Å². The third-order valence-corrected chi connectivity index (χ3v) is 5.48. The molecule has 0 fully saturated rings. The van der Waals surface area contributed by atoms with Crippen molar-refractivity contribution in [1.82, 2.24) is 5.06 Å². The fraction of sp³-hybridized carbons (Fsp3) is 0.400. The molecule has 1 aromatic rings. The van der Waals surface area contributed by atoms with Gasteiger partial charge >= 0.3 is 12.1 Å². The van der Waals surface area contributed by atoms with Gasteiger partial charge in [0.2, 0.25) is 11.9 Å². The number of aromatic nitrogens is 1. The maximum Gasteiger partial charge on any atom is 0.456 e. The molecular weight excluding hydrogens is 415 g/mol. The van der Waals surface area contributed by atoms with Gasteiger partial charge in [0.05, 0.1) is 17.2 Å². The van der Waals surface area contributed by atoms with Gasteiger partial charge in [0.15, 0.2) is 27.9 Å². The lowest BCUT2D eigenvalue weighted by Crippen LogP contribution is -2.42. The largest absolute Gasteiger partial charge is 0.618 e. The summed E-state index contributed by atoms with van der Waals surface area (Å²) in [5.74, 6) is -6.05. The van der Waals surface area contributed by atoms with Gasteiger partial charge in [-0.05, 0) is 12.1 Å². The first-order valence-electron chi connectivity index (χ1n) is 7.71. The third kappa shape index (κ3) is 4.35. The number of halogens is 5. The zero-order chi connectivity index (χ0) is 21.3. The quantitative estimate of drug-likeness (QED) is 0.423. The average Bonchev–Trinajstić information content (AvgIpc) is 2.59. The highest BCUT2D eigenvalue weighted by Crippen LogP contribution is 2.36. The first-order chi connectivity index (χ1) is 12.8. The van der Waals surface area contributed by atoms with Gasteiger partial charge in [0.25, 0.3) is 0 Å². The number of ether oxygens (including phenoxy) is 1. The number of alkyl halides is 5. The van der Waals surface area contributed by atoms with Crippen LogP contribution in [-0.4, -0.2) is 49.7 Å². The van der Waals surface area contributed by atoms with Crippen molar-refractivity contribution in [2.45, 2.75) is 19.0 Å². The van der Waals surface area contributed by atoms with Crippen LogP contribution in [0.1, 0.15) is 12.6 Å². The van der Waals surface area contributed by atoms with E-state index in [2.05, 4.69) is 4.74 Å². The topological polar surface area (TPSA) is 93.8 Å². The number of sulfone groups is 1. The van der Waals surface area contributed by atoms with Crippen LogP contribution in [-0.2, 0) is 9.84 Å². The Morgan fingerprint density at radius 3 is 2.46 bits per heavy atom. The first-order valence-corrected chi connectivity index (χ1v) is 9.36. The van der Waals surface area contributed by atoms with Crippen molar-refractivity contribution in [3.63, 3.8) is 0 Å². The average molecular weight is 430 g/mol. The molecule has 1 aromatic heterocycles. The van der Waals surface area contributed by atoms with E-state index in [1.807, 2.05) is 0 Å². The Hall–Kier alpha value is -2.41. The lowest BCUT2D eigenvalue weighted by Gasteiger charge is -2.24. The van der Waals surface area contributed by atoms with Gasteiger partial charge in [-0.15, -0.1) is 0 Å². The highest BCUT2D eigenvalue weighted by atomic mass is 32.2. The van der Waals surface area contributed by atoms with Gasteiger partial charge < -0.3 is 9.94 Å². The van der Waals surface area contributed by atoms with Gasteiger partial charge in [0.1, 0.15) is 0 Å². The van der Waals surface area contributed by atoms with E-state index in [-0.39, 0.29) is 33.3 Å². The Kier molecular flexibility index (Phi) is 5.90. The van der Waals surface area contributed by atoms with Crippen molar-refractivity contribution in [3.05, 3.63) is 46.3 Å². The SMILES string of the molecule is CCS(=O)(=O)C1=C(c2ccc(OCC(F)(F)C(F)(F)F)c[n+]2[O-])N(O)CC=C1. The van der Waals surface area contributed by atoms with Crippen molar-refractivity contribution in [2.75, 3.05) is 18.9 Å². The molecule has 0 bridgehead atoms. The number of hydrogen-bond acceptors (Lipinski definition) is 6. The van der Waals surface area contributed by atoms with Crippen LogP contribution in [0.5, 0.6) is 5.75 Å². The molecule has 0 aromatic carbocycles. The van der Waals surface area contributed by atoms with Crippen LogP contribution in [0.2, 0.25) is 0 Å². The molecule has 13 heteroatoms. The Balaban J connectivity index is 2.39. The van der Waals surface area contributed by atoms with E-state index in [0.29, 0.717) is 11.3 Å². The van der Waals surface area contributed by atoms with Crippen LogP contribution in [0, 0.1) is 5.21 Å². The van der Waals surface area contributed by atoms with E-state index in [0.717, 1.165) is 12.1 Å². The molecule has 28 heavy (non-hydrogen) atoms. The van der Waals surface area contributed by atoms with Gasteiger partial charge in [-0.2, -0.15) is 26.7 Å². The Morgan fingerprint density at radius 1 is 1.29 bits per heavy atom. The summed E-state index contributed by atoms with van der Waals surface area (Å²) in [4.78, 5) is -0.342. The molecule has 1 N–H and O–H groups in total. The second kappa shape index (κ2) is 7.54. The fourth-order valence-electron chi connectivity index (χ4n) is 2.21. The molecule has 0 saturated carbocycles. The summed E-state index contributed by atoms with van der Waals surface area (Å²) in [6.45, 7) is -0.815. The van der Waals surface area contributed by atoms with Crippen LogP contribution in [0.15, 0.2) is 35.4 Å². The molecule has 2 heterocycles. The maximum absolute atomic E-state index is 12.9. The summed E-state index contributed by atoms with van der Waals surface area (Å²) in [6.07, 6.45) is -2.72. The number of rotatable bonds is 6. The highest BCUT2D eigenvalue weighted by molar-refractivity contribution is 7.95. The van der Waals surface area contributed by atoms with Crippen LogP contribution < -0.4 is 9.47 Å². The third-order valence-electron chi connectivity index (χ3n) is 3.72. The zero-order valence-electron chi connectivity index (χ0n) is 14.3. The fourth-order valence-corrected chi connectivity index (χ4v) is 3.33. The van der Waals surface area contributed by atoms with Crippen LogP contribution >= 0.6 is 0 Å². The van der Waals surface area contributed by atoms with E-state index >= 15 is 0 Å². The number of nitrogens with zero attached hydrogens (tertiary/aromatic N) is 2. The molecule has 1 aliphatic heterocycles. The predicted molar refractivity (Wildman–Crippen MR) is 85.9 cm³/mol. The van der Waals surface area contributed by atoms with Crippen LogP contribution in [0.3, 0.4) is 0 Å². The van der Waals surface area contributed by atoms with Gasteiger partial charge in [-0.1, -0.05) is 13.0 Å². The first kappa shape index (κ1) is 21.9. The Bertz CT molecular complexity index is 912. The molecule has 1 aliphatic rings. The van der Waals surface area contributed by atoms with E-state index in [1.165, 1.54) is 19.1 Å². The van der Waals surface area contributed by atoms with Gasteiger partial charge in [-0.3, -0.25) is 5.21 Å². The molecule has 0 saturated heterocycles. The second-order valence-corrected chi connectivity index (χ2v) is 7.91. The highest BCUT2D eigenvalue weighted by Gasteiger charge is 2.58. The minimum atomic E-state index is -5.82. The molecule has 0 amide bonds. The molecule has 0 aliphatic carbocycles. The molecule has 156 valence electrons. The summed E-state index contributed by atoms with van der Waals surface area (Å²) in [5.41, 5.74) is -0.722. The van der Waals surface area contributed by atoms with Gasteiger partial charge in [0, 0.05) is 6.07 Å². The molecular formula is C15H15F5N2O5S.